The first-order chi connectivity index (χ1) is 8.25. The number of benzene rings is 1. The Morgan fingerprint density at radius 3 is 1.39 bits per heavy atom. The van der Waals surface area contributed by atoms with Gasteiger partial charge in [-0.05, 0) is 0 Å². The zero-order chi connectivity index (χ0) is 14.0. The molecule has 1 aromatic rings. The summed E-state index contributed by atoms with van der Waals surface area (Å²) >= 11 is 0. The van der Waals surface area contributed by atoms with Crippen LogP contribution in [0.3, 0.4) is 0 Å². The molecule has 0 aliphatic rings. The van der Waals surface area contributed by atoms with Crippen molar-refractivity contribution in [1.29, 1.82) is 0 Å². The van der Waals surface area contributed by atoms with E-state index < -0.39 is 23.6 Å². The van der Waals surface area contributed by atoms with E-state index in [2.05, 4.69) is 0 Å². The van der Waals surface area contributed by atoms with E-state index in [1.165, 1.54) is 0 Å². The van der Waals surface area contributed by atoms with Crippen LogP contribution >= 0.6 is 0 Å². The molecule has 4 amide bonds. The Morgan fingerprint density at radius 1 is 0.889 bits per heavy atom. The maximum Gasteiger partial charge on any atom is 0.333 e. The lowest BCUT2D eigenvalue weighted by atomic mass is 10.2. The van der Waals surface area contributed by atoms with Crippen molar-refractivity contribution in [3.63, 3.8) is 0 Å². The fourth-order valence-corrected chi connectivity index (χ4v) is 1.18. The number of phenols is 2. The predicted molar refractivity (Wildman–Crippen MR) is 62.3 cm³/mol. The summed E-state index contributed by atoms with van der Waals surface area (Å²) in [7, 11) is 0. The first kappa shape index (κ1) is 13.3. The molecule has 0 saturated carbocycles. The van der Waals surface area contributed by atoms with Gasteiger partial charge in [-0.25, -0.2) is 31.3 Å². The molecule has 10 N–H and O–H groups in total. The van der Waals surface area contributed by atoms with E-state index in [0.717, 1.165) is 12.1 Å². The van der Waals surface area contributed by atoms with E-state index in [1.807, 2.05) is 0 Å². The zero-order valence-electron chi connectivity index (χ0n) is 9.07. The first-order valence-electron chi connectivity index (χ1n) is 4.50. The number of hydrazine groups is 2. The van der Waals surface area contributed by atoms with Gasteiger partial charge < -0.3 is 21.7 Å². The molecule has 0 heterocycles. The highest BCUT2D eigenvalue weighted by atomic mass is 16.3. The summed E-state index contributed by atoms with van der Waals surface area (Å²) in [4.78, 5) is 21.6. The predicted octanol–water partition coefficient (Wildman–Crippen LogP) is -1.38. The van der Waals surface area contributed by atoms with Gasteiger partial charge in [-0.15, -0.1) is 0 Å². The van der Waals surface area contributed by atoms with E-state index in [9.17, 15) is 19.8 Å². The number of carbonyl (C=O) groups is 2. The van der Waals surface area contributed by atoms with Gasteiger partial charge in [0.05, 0.1) is 0 Å². The number of nitrogens with zero attached hydrogens (tertiary/aromatic N) is 2. The van der Waals surface area contributed by atoms with Crippen LogP contribution in [-0.4, -0.2) is 22.3 Å². The molecular formula is C8H12N6O4. The maximum atomic E-state index is 10.8. The Labute approximate surface area is 101 Å². The van der Waals surface area contributed by atoms with Crippen LogP contribution in [0.1, 0.15) is 0 Å². The Hall–Kier alpha value is -2.72. The molecular weight excluding hydrogens is 244 g/mol. The summed E-state index contributed by atoms with van der Waals surface area (Å²) in [6, 6.07) is -0.315. The molecule has 0 aliphatic carbocycles. The van der Waals surface area contributed by atoms with Crippen molar-refractivity contribution in [2.45, 2.75) is 0 Å². The molecule has 18 heavy (non-hydrogen) atoms. The van der Waals surface area contributed by atoms with Gasteiger partial charge >= 0.3 is 12.1 Å². The zero-order valence-corrected chi connectivity index (χ0v) is 9.07. The summed E-state index contributed by atoms with van der Waals surface area (Å²) in [5.41, 5.74) is 9.26. The normalized spacial score (nSPS) is 9.89. The SMILES string of the molecule is NC(=O)N(N)c1cc(O)c(N(N)C(N)=O)cc1O. The van der Waals surface area contributed by atoms with Crippen LogP contribution in [0.5, 0.6) is 11.5 Å². The Morgan fingerprint density at radius 2 is 1.17 bits per heavy atom. The molecule has 0 bridgehead atoms. The highest BCUT2D eigenvalue weighted by Crippen LogP contribution is 2.37. The summed E-state index contributed by atoms with van der Waals surface area (Å²) < 4.78 is 0. The quantitative estimate of drug-likeness (QED) is 0.164. The van der Waals surface area contributed by atoms with Crippen molar-refractivity contribution in [3.8, 4) is 11.5 Å². The number of nitrogens with two attached hydrogens (primary N) is 4. The number of anilines is 2. The fourth-order valence-electron chi connectivity index (χ4n) is 1.18. The first-order valence-corrected chi connectivity index (χ1v) is 4.50. The highest BCUT2D eigenvalue weighted by molar-refractivity contribution is 5.95. The van der Waals surface area contributed by atoms with Crippen molar-refractivity contribution < 1.29 is 19.8 Å². The van der Waals surface area contributed by atoms with Crippen LogP contribution in [0.2, 0.25) is 0 Å². The Bertz CT molecular complexity index is 459. The standard InChI is InChI=1S/C8H12N6O4/c9-7(17)13(11)3-1-5(15)4(2-6(3)16)14(12)8(10)18/h1-2,15-16H,11-12H2,(H2,9,17)(H2,10,18). The molecule has 1 aromatic carbocycles. The fraction of sp³-hybridized carbons (Fsp3) is 0. The molecule has 0 spiro atoms. The Balaban J connectivity index is 3.28. The molecule has 0 saturated heterocycles. The molecule has 0 radical (unpaired) electrons. The monoisotopic (exact) mass is 256 g/mol. The van der Waals surface area contributed by atoms with Gasteiger partial charge in [-0.3, -0.25) is 0 Å². The lowest BCUT2D eigenvalue weighted by Gasteiger charge is -2.19. The highest BCUT2D eigenvalue weighted by Gasteiger charge is 2.19. The van der Waals surface area contributed by atoms with Crippen LogP contribution in [-0.2, 0) is 0 Å². The number of aromatic hydroxyl groups is 2. The molecule has 0 aromatic heterocycles. The topological polar surface area (TPSA) is 185 Å². The summed E-state index contributed by atoms with van der Waals surface area (Å²) in [6.45, 7) is 0. The number of amides is 4. The number of phenolic OH excluding ortho intramolecular Hbond substituents is 2. The van der Waals surface area contributed by atoms with Gasteiger partial charge in [0, 0.05) is 12.1 Å². The van der Waals surface area contributed by atoms with Crippen molar-refractivity contribution in [1.82, 2.24) is 0 Å². The van der Waals surface area contributed by atoms with Crippen molar-refractivity contribution in [2.24, 2.45) is 23.2 Å². The average molecular weight is 256 g/mol. The number of rotatable bonds is 2. The van der Waals surface area contributed by atoms with Crippen molar-refractivity contribution in [2.75, 3.05) is 10.0 Å². The number of urea groups is 2. The minimum Gasteiger partial charge on any atom is -0.506 e. The lowest BCUT2D eigenvalue weighted by Crippen LogP contribution is -2.42. The summed E-state index contributed by atoms with van der Waals surface area (Å²) in [5, 5.41) is 20.0. The number of hydrogen-bond donors (Lipinski definition) is 6. The minimum atomic E-state index is -1.06. The van der Waals surface area contributed by atoms with Crippen LogP contribution in [0.4, 0.5) is 21.0 Å². The molecule has 0 fully saturated rings. The van der Waals surface area contributed by atoms with E-state index in [1.54, 1.807) is 0 Å². The number of hydrogen-bond acceptors (Lipinski definition) is 6. The molecule has 1 rings (SSSR count). The Kier molecular flexibility index (Phi) is 3.45. The van der Waals surface area contributed by atoms with Crippen molar-refractivity contribution in [3.05, 3.63) is 12.1 Å². The maximum absolute atomic E-state index is 10.8. The second-order valence-corrected chi connectivity index (χ2v) is 3.25. The van der Waals surface area contributed by atoms with Crippen LogP contribution in [0.25, 0.3) is 0 Å². The molecule has 0 aliphatic heterocycles. The second kappa shape index (κ2) is 4.65. The van der Waals surface area contributed by atoms with E-state index in [0.29, 0.717) is 10.0 Å². The number of primary amides is 2. The third-order valence-corrected chi connectivity index (χ3v) is 2.07. The van der Waals surface area contributed by atoms with Gasteiger partial charge in [0.25, 0.3) is 0 Å². The van der Waals surface area contributed by atoms with Crippen molar-refractivity contribution >= 4 is 23.4 Å². The third-order valence-electron chi connectivity index (χ3n) is 2.07. The van der Waals surface area contributed by atoms with Crippen LogP contribution in [0.15, 0.2) is 12.1 Å². The number of carbonyl (C=O) groups excluding carboxylic acids is 2. The van der Waals surface area contributed by atoms with Gasteiger partial charge in [-0.2, -0.15) is 0 Å². The average Bonchev–Trinajstić information content (AvgIpc) is 2.29. The largest absolute Gasteiger partial charge is 0.506 e. The van der Waals surface area contributed by atoms with Gasteiger partial charge in [0.2, 0.25) is 0 Å². The summed E-state index contributed by atoms with van der Waals surface area (Å²) in [5.74, 6) is 9.44. The van der Waals surface area contributed by atoms with Gasteiger partial charge in [0.1, 0.15) is 22.9 Å². The summed E-state index contributed by atoms with van der Waals surface area (Å²) in [6.07, 6.45) is 0. The lowest BCUT2D eigenvalue weighted by molar-refractivity contribution is 0.253. The minimum absolute atomic E-state index is 0.262. The molecule has 0 atom stereocenters. The third kappa shape index (κ3) is 2.34. The molecule has 98 valence electrons. The van der Waals surface area contributed by atoms with E-state index in [-0.39, 0.29) is 11.4 Å². The molecule has 10 nitrogen and oxygen atoms in total. The van der Waals surface area contributed by atoms with Crippen LogP contribution in [0, 0.1) is 0 Å². The van der Waals surface area contributed by atoms with E-state index >= 15 is 0 Å². The smallest absolute Gasteiger partial charge is 0.333 e. The second-order valence-electron chi connectivity index (χ2n) is 3.25. The van der Waals surface area contributed by atoms with Gasteiger partial charge in [-0.1, -0.05) is 0 Å². The molecule has 10 heteroatoms. The van der Waals surface area contributed by atoms with Gasteiger partial charge in [0.15, 0.2) is 0 Å². The van der Waals surface area contributed by atoms with Crippen LogP contribution < -0.4 is 33.2 Å². The molecule has 0 unspecified atom stereocenters. The van der Waals surface area contributed by atoms with E-state index in [4.69, 9.17) is 23.2 Å².